The Balaban J connectivity index is 1.83. The molecular formula is C17H26N4. The standard InChI is InChI=1S/C17H26N4/c1-3-11-21(14-7-6-10-18-12-14)13-16-15-8-4-5-9-17(15)20(2)19-16/h4-5,8-9,14,18H,3,6-7,10-13H2,1-2H3. The highest BCUT2D eigenvalue weighted by Gasteiger charge is 2.22. The van der Waals surface area contributed by atoms with Crippen LogP contribution >= 0.6 is 0 Å². The largest absolute Gasteiger partial charge is 0.315 e. The van der Waals surface area contributed by atoms with E-state index >= 15 is 0 Å². The molecule has 0 amide bonds. The van der Waals surface area contributed by atoms with Gasteiger partial charge < -0.3 is 5.32 Å². The lowest BCUT2D eigenvalue weighted by molar-refractivity contribution is 0.156. The molecule has 0 spiro atoms. The quantitative estimate of drug-likeness (QED) is 0.917. The van der Waals surface area contributed by atoms with Crippen LogP contribution in [0.1, 0.15) is 31.9 Å². The summed E-state index contributed by atoms with van der Waals surface area (Å²) in [6.07, 6.45) is 3.78. The molecule has 1 aromatic carbocycles. The number of rotatable bonds is 5. The second kappa shape index (κ2) is 6.58. The van der Waals surface area contributed by atoms with E-state index in [0.29, 0.717) is 6.04 Å². The Labute approximate surface area is 127 Å². The van der Waals surface area contributed by atoms with Gasteiger partial charge in [0.15, 0.2) is 0 Å². The molecular weight excluding hydrogens is 260 g/mol. The third kappa shape index (κ3) is 3.11. The average Bonchev–Trinajstić information content (AvgIpc) is 2.85. The minimum Gasteiger partial charge on any atom is -0.315 e. The number of piperidine rings is 1. The fourth-order valence-corrected chi connectivity index (χ4v) is 3.42. The molecule has 1 unspecified atom stereocenters. The van der Waals surface area contributed by atoms with Gasteiger partial charge in [-0.3, -0.25) is 9.58 Å². The number of hydrogen-bond donors (Lipinski definition) is 1. The summed E-state index contributed by atoms with van der Waals surface area (Å²) < 4.78 is 2.01. The van der Waals surface area contributed by atoms with Crippen molar-refractivity contribution in [1.29, 1.82) is 0 Å². The number of para-hydroxylation sites is 1. The Morgan fingerprint density at radius 1 is 1.38 bits per heavy atom. The molecule has 1 aliphatic heterocycles. The number of nitrogens with one attached hydrogen (secondary N) is 1. The van der Waals surface area contributed by atoms with E-state index < -0.39 is 0 Å². The maximum absolute atomic E-state index is 4.76. The normalized spacial score (nSPS) is 19.5. The van der Waals surface area contributed by atoms with Crippen LogP contribution < -0.4 is 5.32 Å². The molecule has 3 rings (SSSR count). The minimum absolute atomic E-state index is 0.652. The summed E-state index contributed by atoms with van der Waals surface area (Å²) in [6, 6.07) is 9.20. The van der Waals surface area contributed by atoms with E-state index in [2.05, 4.69) is 41.4 Å². The lowest BCUT2D eigenvalue weighted by Gasteiger charge is -2.34. The van der Waals surface area contributed by atoms with Crippen LogP contribution in [0.5, 0.6) is 0 Å². The monoisotopic (exact) mass is 286 g/mol. The highest BCUT2D eigenvalue weighted by Crippen LogP contribution is 2.21. The van der Waals surface area contributed by atoms with Gasteiger partial charge >= 0.3 is 0 Å². The summed E-state index contributed by atoms with van der Waals surface area (Å²) >= 11 is 0. The van der Waals surface area contributed by atoms with Crippen molar-refractivity contribution in [1.82, 2.24) is 20.0 Å². The van der Waals surface area contributed by atoms with Gasteiger partial charge in [-0.05, 0) is 38.4 Å². The molecule has 1 aromatic heterocycles. The van der Waals surface area contributed by atoms with E-state index in [1.54, 1.807) is 0 Å². The van der Waals surface area contributed by atoms with Crippen molar-refractivity contribution in [2.75, 3.05) is 19.6 Å². The van der Waals surface area contributed by atoms with Crippen LogP contribution in [-0.2, 0) is 13.6 Å². The molecule has 0 aliphatic carbocycles. The summed E-state index contributed by atoms with van der Waals surface area (Å²) in [6.45, 7) is 6.66. The summed E-state index contributed by atoms with van der Waals surface area (Å²) in [4.78, 5) is 2.61. The maximum atomic E-state index is 4.76. The molecule has 114 valence electrons. The van der Waals surface area contributed by atoms with Crippen molar-refractivity contribution in [2.45, 2.75) is 38.8 Å². The number of aryl methyl sites for hydroxylation is 1. The third-order valence-corrected chi connectivity index (χ3v) is 4.49. The molecule has 4 nitrogen and oxygen atoms in total. The number of benzene rings is 1. The van der Waals surface area contributed by atoms with Crippen molar-refractivity contribution in [3.05, 3.63) is 30.0 Å². The Hall–Kier alpha value is -1.39. The van der Waals surface area contributed by atoms with Crippen molar-refractivity contribution < 1.29 is 0 Å². The molecule has 2 aromatic rings. The SMILES string of the molecule is CCCN(Cc1nn(C)c2ccccc12)C1CCCNC1. The molecule has 0 radical (unpaired) electrons. The topological polar surface area (TPSA) is 33.1 Å². The van der Waals surface area contributed by atoms with Crippen LogP contribution in [-0.4, -0.2) is 40.4 Å². The van der Waals surface area contributed by atoms with E-state index in [-0.39, 0.29) is 0 Å². The van der Waals surface area contributed by atoms with Crippen LogP contribution in [0.2, 0.25) is 0 Å². The zero-order chi connectivity index (χ0) is 14.7. The minimum atomic E-state index is 0.652. The van der Waals surface area contributed by atoms with Crippen LogP contribution in [0, 0.1) is 0 Å². The molecule has 21 heavy (non-hydrogen) atoms. The van der Waals surface area contributed by atoms with Crippen LogP contribution in [0.4, 0.5) is 0 Å². The van der Waals surface area contributed by atoms with Gasteiger partial charge in [-0.1, -0.05) is 25.1 Å². The first-order chi connectivity index (χ1) is 10.3. The molecule has 1 atom stereocenters. The Kier molecular flexibility index (Phi) is 4.56. The predicted octanol–water partition coefficient (Wildman–Crippen LogP) is 2.54. The lowest BCUT2D eigenvalue weighted by Crippen LogP contribution is -2.46. The Morgan fingerprint density at radius 2 is 2.24 bits per heavy atom. The molecule has 2 heterocycles. The van der Waals surface area contributed by atoms with Crippen molar-refractivity contribution in [3.8, 4) is 0 Å². The Bertz CT molecular complexity index is 583. The van der Waals surface area contributed by atoms with Crippen LogP contribution in [0.15, 0.2) is 24.3 Å². The highest BCUT2D eigenvalue weighted by molar-refractivity contribution is 5.81. The van der Waals surface area contributed by atoms with Crippen molar-refractivity contribution >= 4 is 10.9 Å². The second-order valence-electron chi connectivity index (χ2n) is 6.06. The second-order valence-corrected chi connectivity index (χ2v) is 6.06. The van der Waals surface area contributed by atoms with Gasteiger partial charge in [-0.25, -0.2) is 0 Å². The van der Waals surface area contributed by atoms with Gasteiger partial charge in [0.25, 0.3) is 0 Å². The van der Waals surface area contributed by atoms with E-state index in [0.717, 1.165) is 19.6 Å². The fourth-order valence-electron chi connectivity index (χ4n) is 3.42. The Morgan fingerprint density at radius 3 is 3.00 bits per heavy atom. The lowest BCUT2D eigenvalue weighted by atomic mass is 10.0. The van der Waals surface area contributed by atoms with E-state index in [4.69, 9.17) is 5.10 Å². The maximum Gasteiger partial charge on any atom is 0.0843 e. The van der Waals surface area contributed by atoms with Gasteiger partial charge in [0.05, 0.1) is 11.2 Å². The van der Waals surface area contributed by atoms with Gasteiger partial charge in [0, 0.05) is 31.6 Å². The zero-order valence-electron chi connectivity index (χ0n) is 13.2. The number of aromatic nitrogens is 2. The summed E-state index contributed by atoms with van der Waals surface area (Å²) in [5.74, 6) is 0. The van der Waals surface area contributed by atoms with E-state index in [9.17, 15) is 0 Å². The summed E-state index contributed by atoms with van der Waals surface area (Å²) in [5, 5.41) is 9.59. The molecule has 1 saturated heterocycles. The molecule has 0 saturated carbocycles. The molecule has 1 N–H and O–H groups in total. The first-order valence-electron chi connectivity index (χ1n) is 8.15. The molecule has 4 heteroatoms. The number of nitrogens with zero attached hydrogens (tertiary/aromatic N) is 3. The van der Waals surface area contributed by atoms with Gasteiger partial charge in [0.1, 0.15) is 0 Å². The van der Waals surface area contributed by atoms with E-state index in [1.165, 1.54) is 42.4 Å². The first kappa shape index (κ1) is 14.5. The van der Waals surface area contributed by atoms with Gasteiger partial charge in [0.2, 0.25) is 0 Å². The highest BCUT2D eigenvalue weighted by atomic mass is 15.3. The molecule has 0 bridgehead atoms. The third-order valence-electron chi connectivity index (χ3n) is 4.49. The smallest absolute Gasteiger partial charge is 0.0843 e. The molecule has 1 aliphatic rings. The average molecular weight is 286 g/mol. The van der Waals surface area contributed by atoms with Gasteiger partial charge in [-0.2, -0.15) is 5.10 Å². The van der Waals surface area contributed by atoms with Gasteiger partial charge in [-0.15, -0.1) is 0 Å². The zero-order valence-corrected chi connectivity index (χ0v) is 13.2. The summed E-state index contributed by atoms with van der Waals surface area (Å²) in [7, 11) is 2.04. The van der Waals surface area contributed by atoms with Crippen LogP contribution in [0.25, 0.3) is 10.9 Å². The first-order valence-corrected chi connectivity index (χ1v) is 8.15. The summed E-state index contributed by atoms with van der Waals surface area (Å²) in [5.41, 5.74) is 2.44. The van der Waals surface area contributed by atoms with Crippen LogP contribution in [0.3, 0.4) is 0 Å². The predicted molar refractivity (Wildman–Crippen MR) is 87.3 cm³/mol. The van der Waals surface area contributed by atoms with Crippen molar-refractivity contribution in [2.24, 2.45) is 7.05 Å². The molecule has 1 fully saturated rings. The number of fused-ring (bicyclic) bond motifs is 1. The fraction of sp³-hybridized carbons (Fsp3) is 0.588. The number of hydrogen-bond acceptors (Lipinski definition) is 3. The van der Waals surface area contributed by atoms with E-state index in [1.807, 2.05) is 11.7 Å². The van der Waals surface area contributed by atoms with Crippen molar-refractivity contribution in [3.63, 3.8) is 0 Å².